The SMILES string of the molecule is CCC(C)NC(=O)C(NC(=O)c1ccc2c(c1)OCO2)C1CCN(C(=O)c2cccc(OC)c2)CC1. The minimum absolute atomic E-state index is 0.0165. The van der Waals surface area contributed by atoms with Crippen LogP contribution in [-0.4, -0.2) is 61.7 Å². The van der Waals surface area contributed by atoms with E-state index in [0.717, 1.165) is 6.42 Å². The molecule has 3 amide bonds. The van der Waals surface area contributed by atoms with Crippen LogP contribution in [-0.2, 0) is 4.79 Å². The van der Waals surface area contributed by atoms with Crippen LogP contribution in [0.25, 0.3) is 0 Å². The number of carbonyl (C=O) groups is 3. The number of hydrogen-bond donors (Lipinski definition) is 2. The van der Waals surface area contributed by atoms with Crippen molar-refractivity contribution in [2.45, 2.75) is 45.2 Å². The number of piperidine rings is 1. The number of ether oxygens (including phenoxy) is 3. The van der Waals surface area contributed by atoms with Crippen LogP contribution in [0.4, 0.5) is 0 Å². The van der Waals surface area contributed by atoms with Gasteiger partial charge in [0.25, 0.3) is 11.8 Å². The molecule has 2 unspecified atom stereocenters. The molecule has 0 aliphatic carbocycles. The van der Waals surface area contributed by atoms with Crippen LogP contribution in [0.2, 0.25) is 0 Å². The third-order valence-electron chi connectivity index (χ3n) is 6.82. The fourth-order valence-electron chi connectivity index (χ4n) is 4.47. The summed E-state index contributed by atoms with van der Waals surface area (Å²) in [6.45, 7) is 5.03. The van der Waals surface area contributed by atoms with Gasteiger partial charge in [-0.2, -0.15) is 0 Å². The van der Waals surface area contributed by atoms with E-state index >= 15 is 0 Å². The molecule has 192 valence electrons. The van der Waals surface area contributed by atoms with Crippen molar-refractivity contribution in [3.63, 3.8) is 0 Å². The van der Waals surface area contributed by atoms with Gasteiger partial charge in [-0.1, -0.05) is 13.0 Å². The van der Waals surface area contributed by atoms with Gasteiger partial charge >= 0.3 is 0 Å². The Bertz CT molecular complexity index is 1110. The molecule has 36 heavy (non-hydrogen) atoms. The number of fused-ring (bicyclic) bond motifs is 1. The molecule has 9 heteroatoms. The third-order valence-corrected chi connectivity index (χ3v) is 6.82. The summed E-state index contributed by atoms with van der Waals surface area (Å²) >= 11 is 0. The highest BCUT2D eigenvalue weighted by Gasteiger charge is 2.35. The standard InChI is InChI=1S/C27H33N3O6/c1-4-17(2)28-26(32)24(29-25(31)19-8-9-22-23(15-19)36-16-35-22)18-10-12-30(13-11-18)27(33)20-6-5-7-21(14-20)34-3/h5-9,14-15,17-18,24H,4,10-13,16H2,1-3H3,(H,28,32)(H,29,31). The summed E-state index contributed by atoms with van der Waals surface area (Å²) in [5.41, 5.74) is 0.959. The van der Waals surface area contributed by atoms with Crippen molar-refractivity contribution in [2.24, 2.45) is 5.92 Å². The molecule has 0 saturated carbocycles. The summed E-state index contributed by atoms with van der Waals surface area (Å²) in [6, 6.07) is 11.3. The number of benzene rings is 2. The summed E-state index contributed by atoms with van der Waals surface area (Å²) in [5, 5.41) is 5.95. The highest BCUT2D eigenvalue weighted by molar-refractivity contribution is 5.98. The topological polar surface area (TPSA) is 106 Å². The zero-order valence-electron chi connectivity index (χ0n) is 20.9. The maximum atomic E-state index is 13.2. The van der Waals surface area contributed by atoms with Gasteiger partial charge in [0.05, 0.1) is 7.11 Å². The molecule has 2 aromatic rings. The van der Waals surface area contributed by atoms with Gasteiger partial charge in [0, 0.05) is 30.3 Å². The second-order valence-corrected chi connectivity index (χ2v) is 9.20. The first-order chi connectivity index (χ1) is 17.4. The molecule has 2 N–H and O–H groups in total. The van der Waals surface area contributed by atoms with Gasteiger partial charge in [0.15, 0.2) is 11.5 Å². The van der Waals surface area contributed by atoms with E-state index in [1.165, 1.54) is 0 Å². The molecule has 2 atom stereocenters. The first-order valence-corrected chi connectivity index (χ1v) is 12.3. The number of carbonyl (C=O) groups excluding carboxylic acids is 3. The summed E-state index contributed by atoms with van der Waals surface area (Å²) in [7, 11) is 1.57. The molecule has 9 nitrogen and oxygen atoms in total. The second-order valence-electron chi connectivity index (χ2n) is 9.20. The number of likely N-dealkylation sites (tertiary alicyclic amines) is 1. The third kappa shape index (κ3) is 5.72. The zero-order chi connectivity index (χ0) is 25.7. The normalized spacial score (nSPS) is 16.7. The molecular formula is C27H33N3O6. The van der Waals surface area contributed by atoms with E-state index in [1.54, 1.807) is 54.5 Å². The van der Waals surface area contributed by atoms with Crippen LogP contribution < -0.4 is 24.8 Å². The lowest BCUT2D eigenvalue weighted by atomic mass is 9.88. The van der Waals surface area contributed by atoms with Gasteiger partial charge in [0.2, 0.25) is 12.7 Å². The molecule has 1 fully saturated rings. The summed E-state index contributed by atoms with van der Waals surface area (Å²) in [5.74, 6) is 0.976. The number of methoxy groups -OCH3 is 1. The zero-order valence-corrected chi connectivity index (χ0v) is 20.9. The summed E-state index contributed by atoms with van der Waals surface area (Å²) in [6.07, 6.45) is 1.97. The van der Waals surface area contributed by atoms with Gasteiger partial charge in [-0.05, 0) is 68.5 Å². The minimum atomic E-state index is -0.717. The summed E-state index contributed by atoms with van der Waals surface area (Å²) in [4.78, 5) is 41.1. The van der Waals surface area contributed by atoms with Crippen molar-refractivity contribution in [3.8, 4) is 17.2 Å². The van der Waals surface area contributed by atoms with E-state index in [9.17, 15) is 14.4 Å². The minimum Gasteiger partial charge on any atom is -0.497 e. The van der Waals surface area contributed by atoms with E-state index in [1.807, 2.05) is 13.8 Å². The molecule has 2 aliphatic rings. The quantitative estimate of drug-likeness (QED) is 0.583. The van der Waals surface area contributed by atoms with Crippen LogP contribution in [0.5, 0.6) is 17.2 Å². The highest BCUT2D eigenvalue weighted by Crippen LogP contribution is 2.32. The maximum absolute atomic E-state index is 13.2. The Morgan fingerprint density at radius 1 is 1.03 bits per heavy atom. The van der Waals surface area contributed by atoms with E-state index in [-0.39, 0.29) is 36.5 Å². The van der Waals surface area contributed by atoms with Crippen molar-refractivity contribution in [1.82, 2.24) is 15.5 Å². The Morgan fingerprint density at radius 3 is 2.50 bits per heavy atom. The number of amides is 3. The average Bonchev–Trinajstić information content (AvgIpc) is 3.39. The molecule has 2 aromatic carbocycles. The Labute approximate surface area is 211 Å². The molecule has 2 heterocycles. The Kier molecular flexibility index (Phi) is 7.97. The monoisotopic (exact) mass is 495 g/mol. The molecule has 0 aromatic heterocycles. The Morgan fingerprint density at radius 2 is 1.78 bits per heavy atom. The van der Waals surface area contributed by atoms with Crippen molar-refractivity contribution >= 4 is 17.7 Å². The van der Waals surface area contributed by atoms with Crippen molar-refractivity contribution < 1.29 is 28.6 Å². The van der Waals surface area contributed by atoms with Crippen LogP contribution in [0.3, 0.4) is 0 Å². The van der Waals surface area contributed by atoms with Crippen molar-refractivity contribution in [3.05, 3.63) is 53.6 Å². The van der Waals surface area contributed by atoms with Crippen molar-refractivity contribution in [1.29, 1.82) is 0 Å². The molecule has 1 saturated heterocycles. The number of hydrogen-bond acceptors (Lipinski definition) is 6. The second kappa shape index (κ2) is 11.3. The van der Waals surface area contributed by atoms with E-state index in [2.05, 4.69) is 10.6 Å². The predicted octanol–water partition coefficient (Wildman–Crippen LogP) is 2.99. The van der Waals surface area contributed by atoms with Crippen LogP contribution in [0, 0.1) is 5.92 Å². The lowest BCUT2D eigenvalue weighted by Gasteiger charge is -2.36. The Hall–Kier alpha value is -3.75. The maximum Gasteiger partial charge on any atom is 0.253 e. The van der Waals surface area contributed by atoms with Gasteiger partial charge in [0.1, 0.15) is 11.8 Å². The molecular weight excluding hydrogens is 462 g/mol. The predicted molar refractivity (Wildman–Crippen MR) is 133 cm³/mol. The average molecular weight is 496 g/mol. The molecule has 2 aliphatic heterocycles. The largest absolute Gasteiger partial charge is 0.497 e. The van der Waals surface area contributed by atoms with E-state index < -0.39 is 6.04 Å². The van der Waals surface area contributed by atoms with Gasteiger partial charge in [-0.15, -0.1) is 0 Å². The van der Waals surface area contributed by atoms with Crippen LogP contribution in [0.15, 0.2) is 42.5 Å². The van der Waals surface area contributed by atoms with Crippen molar-refractivity contribution in [2.75, 3.05) is 27.0 Å². The fraction of sp³-hybridized carbons (Fsp3) is 0.444. The first-order valence-electron chi connectivity index (χ1n) is 12.3. The Balaban J connectivity index is 1.45. The first kappa shape index (κ1) is 25.3. The number of rotatable bonds is 8. The summed E-state index contributed by atoms with van der Waals surface area (Å²) < 4.78 is 15.9. The van der Waals surface area contributed by atoms with Crippen LogP contribution in [0.1, 0.15) is 53.8 Å². The lowest BCUT2D eigenvalue weighted by molar-refractivity contribution is -0.125. The molecule has 4 rings (SSSR count). The highest BCUT2D eigenvalue weighted by atomic mass is 16.7. The smallest absolute Gasteiger partial charge is 0.253 e. The fourth-order valence-corrected chi connectivity index (χ4v) is 4.47. The number of nitrogens with one attached hydrogen (secondary N) is 2. The van der Waals surface area contributed by atoms with E-state index in [0.29, 0.717) is 54.3 Å². The molecule has 0 bridgehead atoms. The molecule has 0 radical (unpaired) electrons. The van der Waals surface area contributed by atoms with Crippen LogP contribution >= 0.6 is 0 Å². The van der Waals surface area contributed by atoms with E-state index in [4.69, 9.17) is 14.2 Å². The lowest BCUT2D eigenvalue weighted by Crippen LogP contribution is -2.55. The molecule has 0 spiro atoms. The number of nitrogens with zero attached hydrogens (tertiary/aromatic N) is 1. The van der Waals surface area contributed by atoms with Gasteiger partial charge in [-0.3, -0.25) is 14.4 Å². The van der Waals surface area contributed by atoms with Gasteiger partial charge in [-0.25, -0.2) is 0 Å². The van der Waals surface area contributed by atoms with Gasteiger partial charge < -0.3 is 29.7 Å².